The van der Waals surface area contributed by atoms with E-state index >= 15 is 0 Å². The number of aryl methyl sites for hydroxylation is 1. The predicted octanol–water partition coefficient (Wildman–Crippen LogP) is 3.10. The van der Waals surface area contributed by atoms with Crippen LogP contribution in [0.1, 0.15) is 11.3 Å². The average Bonchev–Trinajstić information content (AvgIpc) is 2.75. The van der Waals surface area contributed by atoms with Gasteiger partial charge in [-0.1, -0.05) is 5.16 Å². The molecule has 0 bridgehead atoms. The van der Waals surface area contributed by atoms with E-state index in [1.807, 2.05) is 12.1 Å². The Morgan fingerprint density at radius 1 is 1.62 bits per heavy atom. The quantitative estimate of drug-likeness (QED) is 0.946. The van der Waals surface area contributed by atoms with Crippen molar-refractivity contribution >= 4 is 33.2 Å². The van der Waals surface area contributed by atoms with E-state index in [1.165, 1.54) is 11.3 Å². The Morgan fingerprint density at radius 3 is 2.94 bits per heavy atom. The molecule has 0 spiro atoms. The highest BCUT2D eigenvalue weighted by Crippen LogP contribution is 2.34. The standard InChI is InChI=1S/C10H8BrNO3S/c1-5-6(4-9(13)14)10(15-12-5)7-2-3-8(11)16-7/h2-3H,4H2,1H3,(H,13,14). The highest BCUT2D eigenvalue weighted by Gasteiger charge is 2.18. The van der Waals surface area contributed by atoms with Crippen LogP contribution in [0.25, 0.3) is 10.6 Å². The smallest absolute Gasteiger partial charge is 0.308 e. The number of carboxylic acid groups (broad SMARTS) is 1. The molecule has 2 aromatic rings. The molecule has 2 rings (SSSR count). The molecule has 0 aromatic carbocycles. The Bertz CT molecular complexity index is 532. The van der Waals surface area contributed by atoms with Gasteiger partial charge >= 0.3 is 5.97 Å². The molecule has 0 atom stereocenters. The van der Waals surface area contributed by atoms with E-state index in [1.54, 1.807) is 6.92 Å². The molecule has 0 radical (unpaired) electrons. The number of hydrogen-bond donors (Lipinski definition) is 1. The van der Waals surface area contributed by atoms with Crippen molar-refractivity contribution in [1.29, 1.82) is 0 Å². The Hall–Kier alpha value is -1.14. The SMILES string of the molecule is Cc1noc(-c2ccc(Br)s2)c1CC(=O)O. The third kappa shape index (κ3) is 2.17. The number of nitrogens with zero attached hydrogens (tertiary/aromatic N) is 1. The first-order chi connectivity index (χ1) is 7.58. The number of carbonyl (C=O) groups is 1. The van der Waals surface area contributed by atoms with E-state index in [0.717, 1.165) is 8.66 Å². The van der Waals surface area contributed by atoms with Crippen LogP contribution in [-0.4, -0.2) is 16.2 Å². The summed E-state index contributed by atoms with van der Waals surface area (Å²) < 4.78 is 6.14. The largest absolute Gasteiger partial charge is 0.481 e. The van der Waals surface area contributed by atoms with Gasteiger partial charge in [0.2, 0.25) is 0 Å². The van der Waals surface area contributed by atoms with Gasteiger partial charge in [-0.15, -0.1) is 11.3 Å². The fourth-order valence-corrected chi connectivity index (χ4v) is 2.77. The highest BCUT2D eigenvalue weighted by molar-refractivity contribution is 9.11. The van der Waals surface area contributed by atoms with Crippen molar-refractivity contribution in [3.8, 4) is 10.6 Å². The number of carboxylic acids is 1. The summed E-state index contributed by atoms with van der Waals surface area (Å²) in [6, 6.07) is 3.77. The molecule has 0 aliphatic carbocycles. The van der Waals surface area contributed by atoms with E-state index < -0.39 is 5.97 Å². The average molecular weight is 302 g/mol. The molecule has 0 unspecified atom stereocenters. The second-order valence-corrected chi connectivity index (χ2v) is 5.71. The van der Waals surface area contributed by atoms with Crippen molar-refractivity contribution in [3.63, 3.8) is 0 Å². The first kappa shape index (κ1) is 11.3. The first-order valence-electron chi connectivity index (χ1n) is 4.50. The van der Waals surface area contributed by atoms with E-state index in [4.69, 9.17) is 9.63 Å². The molecule has 0 aliphatic rings. The lowest BCUT2D eigenvalue weighted by Gasteiger charge is -1.95. The molecule has 0 saturated carbocycles. The molecule has 1 N–H and O–H groups in total. The lowest BCUT2D eigenvalue weighted by atomic mass is 10.1. The minimum absolute atomic E-state index is 0.0693. The highest BCUT2D eigenvalue weighted by atomic mass is 79.9. The van der Waals surface area contributed by atoms with Gasteiger partial charge in [-0.3, -0.25) is 4.79 Å². The van der Waals surface area contributed by atoms with Crippen LogP contribution in [0.15, 0.2) is 20.4 Å². The second kappa shape index (κ2) is 4.39. The van der Waals surface area contributed by atoms with Gasteiger partial charge < -0.3 is 9.63 Å². The van der Waals surface area contributed by atoms with Crippen LogP contribution in [-0.2, 0) is 11.2 Å². The van der Waals surface area contributed by atoms with E-state index in [-0.39, 0.29) is 6.42 Å². The van der Waals surface area contributed by atoms with Gasteiger partial charge in [0.25, 0.3) is 0 Å². The molecule has 84 valence electrons. The molecule has 16 heavy (non-hydrogen) atoms. The number of hydrogen-bond acceptors (Lipinski definition) is 4. The van der Waals surface area contributed by atoms with E-state index in [2.05, 4.69) is 21.1 Å². The minimum atomic E-state index is -0.886. The van der Waals surface area contributed by atoms with Gasteiger partial charge in [-0.05, 0) is 35.0 Å². The van der Waals surface area contributed by atoms with Crippen molar-refractivity contribution in [2.24, 2.45) is 0 Å². The van der Waals surface area contributed by atoms with Crippen LogP contribution in [0.3, 0.4) is 0 Å². The molecule has 0 fully saturated rings. The maximum Gasteiger partial charge on any atom is 0.308 e. The fourth-order valence-electron chi connectivity index (χ4n) is 1.38. The maximum atomic E-state index is 10.7. The Labute approximate surface area is 104 Å². The zero-order valence-electron chi connectivity index (χ0n) is 8.36. The summed E-state index contributed by atoms with van der Waals surface area (Å²) in [5.41, 5.74) is 1.27. The van der Waals surface area contributed by atoms with Crippen LogP contribution in [0, 0.1) is 6.92 Å². The summed E-state index contributed by atoms with van der Waals surface area (Å²) in [7, 11) is 0. The van der Waals surface area contributed by atoms with Gasteiger partial charge in [0, 0.05) is 5.56 Å². The van der Waals surface area contributed by atoms with Crippen LogP contribution in [0.2, 0.25) is 0 Å². The zero-order chi connectivity index (χ0) is 11.7. The van der Waals surface area contributed by atoms with Crippen LogP contribution >= 0.6 is 27.3 Å². The molecule has 0 saturated heterocycles. The second-order valence-electron chi connectivity index (χ2n) is 3.25. The summed E-state index contributed by atoms with van der Waals surface area (Å²) in [4.78, 5) is 11.6. The van der Waals surface area contributed by atoms with Crippen molar-refractivity contribution < 1.29 is 14.4 Å². The summed E-state index contributed by atoms with van der Waals surface area (Å²) in [6.07, 6.45) is -0.0693. The molecule has 2 aromatic heterocycles. The van der Waals surface area contributed by atoms with Crippen molar-refractivity contribution in [2.75, 3.05) is 0 Å². The van der Waals surface area contributed by atoms with Gasteiger partial charge in [0.15, 0.2) is 5.76 Å². The topological polar surface area (TPSA) is 63.3 Å². The molecular formula is C10H8BrNO3S. The molecule has 0 amide bonds. The van der Waals surface area contributed by atoms with Gasteiger partial charge in [0.1, 0.15) is 0 Å². The Balaban J connectivity index is 2.45. The number of thiophene rings is 1. The monoisotopic (exact) mass is 301 g/mol. The minimum Gasteiger partial charge on any atom is -0.481 e. The third-order valence-corrected chi connectivity index (χ3v) is 3.73. The molecule has 6 heteroatoms. The number of rotatable bonds is 3. The zero-order valence-corrected chi connectivity index (χ0v) is 10.8. The van der Waals surface area contributed by atoms with Crippen molar-refractivity contribution in [2.45, 2.75) is 13.3 Å². The maximum absolute atomic E-state index is 10.7. The number of aromatic nitrogens is 1. The lowest BCUT2D eigenvalue weighted by molar-refractivity contribution is -0.136. The van der Waals surface area contributed by atoms with E-state index in [9.17, 15) is 4.79 Å². The molecule has 0 aliphatic heterocycles. The van der Waals surface area contributed by atoms with Gasteiger partial charge in [-0.2, -0.15) is 0 Å². The summed E-state index contributed by atoms with van der Waals surface area (Å²) >= 11 is 4.84. The normalized spacial score (nSPS) is 10.6. The van der Waals surface area contributed by atoms with E-state index in [0.29, 0.717) is 17.0 Å². The Morgan fingerprint density at radius 2 is 2.38 bits per heavy atom. The number of halogens is 1. The van der Waals surface area contributed by atoms with Crippen LogP contribution < -0.4 is 0 Å². The first-order valence-corrected chi connectivity index (χ1v) is 6.11. The lowest BCUT2D eigenvalue weighted by Crippen LogP contribution is -2.01. The molecule has 4 nitrogen and oxygen atoms in total. The molecular weight excluding hydrogens is 294 g/mol. The summed E-state index contributed by atoms with van der Waals surface area (Å²) in [6.45, 7) is 1.74. The third-order valence-electron chi connectivity index (χ3n) is 2.11. The van der Waals surface area contributed by atoms with Crippen molar-refractivity contribution in [1.82, 2.24) is 5.16 Å². The van der Waals surface area contributed by atoms with Gasteiger partial charge in [-0.25, -0.2) is 0 Å². The van der Waals surface area contributed by atoms with Crippen LogP contribution in [0.4, 0.5) is 0 Å². The van der Waals surface area contributed by atoms with Crippen molar-refractivity contribution in [3.05, 3.63) is 27.2 Å². The molecule has 2 heterocycles. The fraction of sp³-hybridized carbons (Fsp3) is 0.200. The predicted molar refractivity (Wildman–Crippen MR) is 63.6 cm³/mol. The van der Waals surface area contributed by atoms with Gasteiger partial charge in [0.05, 0.1) is 20.8 Å². The summed E-state index contributed by atoms with van der Waals surface area (Å²) in [5, 5.41) is 12.6. The Kier molecular flexibility index (Phi) is 3.11. The number of aliphatic carboxylic acids is 1. The van der Waals surface area contributed by atoms with Crippen LogP contribution in [0.5, 0.6) is 0 Å². The summed E-state index contributed by atoms with van der Waals surface area (Å²) in [5.74, 6) is -0.334.